The second kappa shape index (κ2) is 7.12. The summed E-state index contributed by atoms with van der Waals surface area (Å²) in [6.07, 6.45) is 1.38. The molecule has 0 radical (unpaired) electrons. The number of rotatable bonds is 3. The highest BCUT2D eigenvalue weighted by molar-refractivity contribution is 7.10. The summed E-state index contributed by atoms with van der Waals surface area (Å²) in [4.78, 5) is 38.1. The van der Waals surface area contributed by atoms with E-state index in [0.29, 0.717) is 24.0 Å². The first kappa shape index (κ1) is 17.7. The van der Waals surface area contributed by atoms with Crippen molar-refractivity contribution in [3.05, 3.63) is 69.1 Å². The van der Waals surface area contributed by atoms with Crippen molar-refractivity contribution in [3.8, 4) is 0 Å². The summed E-state index contributed by atoms with van der Waals surface area (Å²) in [6, 6.07) is 11.0. The molecule has 27 heavy (non-hydrogen) atoms. The fourth-order valence-corrected chi connectivity index (χ4v) is 4.77. The van der Waals surface area contributed by atoms with Gasteiger partial charge in [0.1, 0.15) is 0 Å². The van der Waals surface area contributed by atoms with E-state index in [2.05, 4.69) is 5.32 Å². The topological polar surface area (TPSA) is 72.5 Å². The third kappa shape index (κ3) is 3.32. The minimum Gasteiger partial charge on any atom is -0.465 e. The number of thiophene rings is 1. The zero-order chi connectivity index (χ0) is 19.0. The largest absolute Gasteiger partial charge is 0.465 e. The van der Waals surface area contributed by atoms with E-state index in [1.807, 2.05) is 17.5 Å². The number of nitrogens with one attached hydrogen (secondary N) is 1. The monoisotopic (exact) mass is 381 g/mol. The highest BCUT2D eigenvalue weighted by Crippen LogP contribution is 2.43. The lowest BCUT2D eigenvalue weighted by Gasteiger charge is -2.34. The van der Waals surface area contributed by atoms with E-state index in [-0.39, 0.29) is 29.9 Å². The van der Waals surface area contributed by atoms with Crippen molar-refractivity contribution in [3.63, 3.8) is 0 Å². The molecule has 1 aliphatic carbocycles. The molecule has 2 aromatic rings. The molecule has 5 nitrogen and oxygen atoms in total. The number of benzene rings is 1. The van der Waals surface area contributed by atoms with Crippen LogP contribution in [-0.2, 0) is 14.3 Å². The van der Waals surface area contributed by atoms with Crippen LogP contribution >= 0.6 is 11.3 Å². The maximum absolute atomic E-state index is 13.0. The minimum absolute atomic E-state index is 0.0737. The first-order valence-corrected chi connectivity index (χ1v) is 9.72. The van der Waals surface area contributed by atoms with Crippen LogP contribution in [0.5, 0.6) is 0 Å². The number of carbonyl (C=O) groups excluding carboxylic acids is 3. The van der Waals surface area contributed by atoms with E-state index in [0.717, 1.165) is 11.3 Å². The van der Waals surface area contributed by atoms with Crippen molar-refractivity contribution in [1.82, 2.24) is 5.32 Å². The summed E-state index contributed by atoms with van der Waals surface area (Å²) >= 11 is 1.64. The summed E-state index contributed by atoms with van der Waals surface area (Å²) in [6.45, 7) is 0. The Hall–Kier alpha value is -2.73. The summed E-state index contributed by atoms with van der Waals surface area (Å²) < 4.78 is 4.72. The molecule has 0 unspecified atom stereocenters. The molecule has 2 heterocycles. The van der Waals surface area contributed by atoms with Crippen LogP contribution in [0.4, 0.5) is 0 Å². The Morgan fingerprint density at radius 3 is 2.56 bits per heavy atom. The van der Waals surface area contributed by atoms with Gasteiger partial charge in [-0.25, -0.2) is 4.79 Å². The Morgan fingerprint density at radius 2 is 1.89 bits per heavy atom. The van der Waals surface area contributed by atoms with Crippen LogP contribution in [0.15, 0.2) is 53.0 Å². The third-order valence-corrected chi connectivity index (χ3v) is 6.25. The zero-order valence-electron chi connectivity index (χ0n) is 14.9. The number of hydrogen-bond donors (Lipinski definition) is 1. The second-order valence-electron chi connectivity index (χ2n) is 6.85. The predicted molar refractivity (Wildman–Crippen MR) is 102 cm³/mol. The molecule has 0 spiro atoms. The average molecular weight is 381 g/mol. The number of methoxy groups -OCH3 is 1. The van der Waals surface area contributed by atoms with Crippen LogP contribution in [0.25, 0.3) is 0 Å². The van der Waals surface area contributed by atoms with Crippen LogP contribution < -0.4 is 5.32 Å². The van der Waals surface area contributed by atoms with Crippen LogP contribution in [0.1, 0.15) is 51.9 Å². The van der Waals surface area contributed by atoms with Gasteiger partial charge in [-0.2, -0.15) is 0 Å². The number of carbonyl (C=O) groups is 3. The lowest BCUT2D eigenvalue weighted by molar-refractivity contribution is -0.122. The molecule has 0 bridgehead atoms. The van der Waals surface area contributed by atoms with E-state index in [1.54, 1.807) is 35.6 Å². The fraction of sp³-hybridized carbons (Fsp3) is 0.286. The SMILES string of the molecule is COC(=O)c1ccc([C@@H]2CC(=O)NC3=C2C(=O)C[C@H](c2cccs2)C3)cc1. The van der Waals surface area contributed by atoms with Gasteiger partial charge in [-0.05, 0) is 35.6 Å². The maximum atomic E-state index is 13.0. The summed E-state index contributed by atoms with van der Waals surface area (Å²) in [7, 11) is 1.34. The number of Topliss-reactive ketones (excluding diaryl/α,β-unsaturated/α-hetero) is 1. The standard InChI is InChI=1S/C21H19NO4S/c1-26-21(25)13-6-4-12(5-7-13)15-11-19(24)22-16-9-14(10-17(23)20(15)16)18-3-2-8-27-18/h2-8,14-15H,9-11H2,1H3,(H,22,24)/t14-,15+/m1/s1. The van der Waals surface area contributed by atoms with Gasteiger partial charge in [-0.15, -0.1) is 11.3 Å². The predicted octanol–water partition coefficient (Wildman–Crippen LogP) is 3.54. The first-order valence-electron chi connectivity index (χ1n) is 8.84. The average Bonchev–Trinajstić information content (AvgIpc) is 3.21. The molecule has 2 aliphatic rings. The van der Waals surface area contributed by atoms with Gasteiger partial charge in [0.2, 0.25) is 5.91 Å². The second-order valence-corrected chi connectivity index (χ2v) is 7.83. The van der Waals surface area contributed by atoms with Crippen molar-refractivity contribution in [2.24, 2.45) is 0 Å². The van der Waals surface area contributed by atoms with Gasteiger partial charge in [0.25, 0.3) is 0 Å². The number of esters is 1. The van der Waals surface area contributed by atoms with Crippen LogP contribution in [-0.4, -0.2) is 24.8 Å². The molecule has 0 saturated carbocycles. The van der Waals surface area contributed by atoms with E-state index in [9.17, 15) is 14.4 Å². The van der Waals surface area contributed by atoms with Crippen molar-refractivity contribution in [2.75, 3.05) is 7.11 Å². The molecule has 138 valence electrons. The number of allylic oxidation sites excluding steroid dienone is 2. The smallest absolute Gasteiger partial charge is 0.337 e. The molecule has 1 N–H and O–H groups in total. The molecular weight excluding hydrogens is 362 g/mol. The van der Waals surface area contributed by atoms with Gasteiger partial charge in [0.05, 0.1) is 12.7 Å². The Kier molecular flexibility index (Phi) is 4.66. The number of ether oxygens (including phenoxy) is 1. The van der Waals surface area contributed by atoms with E-state index in [4.69, 9.17) is 4.74 Å². The Morgan fingerprint density at radius 1 is 1.11 bits per heavy atom. The first-order chi connectivity index (χ1) is 13.1. The van der Waals surface area contributed by atoms with E-state index < -0.39 is 5.97 Å². The van der Waals surface area contributed by atoms with Crippen molar-refractivity contribution in [1.29, 1.82) is 0 Å². The molecule has 1 amide bonds. The van der Waals surface area contributed by atoms with Gasteiger partial charge >= 0.3 is 5.97 Å². The van der Waals surface area contributed by atoms with Crippen LogP contribution in [0.2, 0.25) is 0 Å². The van der Waals surface area contributed by atoms with Gasteiger partial charge in [0, 0.05) is 40.8 Å². The summed E-state index contributed by atoms with van der Waals surface area (Å²) in [5.74, 6) is -0.531. The number of hydrogen-bond acceptors (Lipinski definition) is 5. The Labute approximate surface area is 161 Å². The third-order valence-electron chi connectivity index (χ3n) is 5.22. The van der Waals surface area contributed by atoms with Crippen molar-refractivity contribution >= 4 is 29.0 Å². The zero-order valence-corrected chi connectivity index (χ0v) is 15.7. The molecular formula is C21H19NO4S. The summed E-state index contributed by atoms with van der Waals surface area (Å²) in [5, 5.41) is 4.94. The van der Waals surface area contributed by atoms with E-state index >= 15 is 0 Å². The molecule has 1 aliphatic heterocycles. The molecule has 0 saturated heterocycles. The van der Waals surface area contributed by atoms with Crippen LogP contribution in [0.3, 0.4) is 0 Å². The molecule has 1 aromatic carbocycles. The van der Waals surface area contributed by atoms with Gasteiger partial charge in [-0.1, -0.05) is 18.2 Å². The van der Waals surface area contributed by atoms with Gasteiger partial charge in [0.15, 0.2) is 5.78 Å². The molecule has 2 atom stereocenters. The molecule has 6 heteroatoms. The molecule has 4 rings (SSSR count). The fourth-order valence-electron chi connectivity index (χ4n) is 3.94. The Bertz CT molecular complexity index is 928. The Balaban J connectivity index is 1.67. The van der Waals surface area contributed by atoms with Crippen molar-refractivity contribution < 1.29 is 19.1 Å². The van der Waals surface area contributed by atoms with Gasteiger partial charge < -0.3 is 10.1 Å². The van der Waals surface area contributed by atoms with E-state index in [1.165, 1.54) is 12.0 Å². The number of amides is 1. The minimum atomic E-state index is -0.407. The highest BCUT2D eigenvalue weighted by atomic mass is 32.1. The lowest BCUT2D eigenvalue weighted by atomic mass is 9.74. The highest BCUT2D eigenvalue weighted by Gasteiger charge is 2.38. The normalized spacial score (nSPS) is 22.3. The van der Waals surface area contributed by atoms with Gasteiger partial charge in [-0.3, -0.25) is 9.59 Å². The quantitative estimate of drug-likeness (QED) is 0.826. The molecule has 1 aromatic heterocycles. The van der Waals surface area contributed by atoms with Crippen molar-refractivity contribution in [2.45, 2.75) is 31.1 Å². The summed E-state index contributed by atoms with van der Waals surface area (Å²) in [5.41, 5.74) is 2.78. The number of ketones is 1. The maximum Gasteiger partial charge on any atom is 0.337 e. The molecule has 0 fully saturated rings. The van der Waals surface area contributed by atoms with Crippen LogP contribution in [0, 0.1) is 0 Å². The lowest BCUT2D eigenvalue weighted by Crippen LogP contribution is -2.38.